The van der Waals surface area contributed by atoms with Crippen LogP contribution >= 0.6 is 0 Å². The van der Waals surface area contributed by atoms with E-state index >= 15 is 0 Å². The van der Waals surface area contributed by atoms with Crippen LogP contribution in [0.4, 0.5) is 0 Å². The zero-order valence-electron chi connectivity index (χ0n) is 20.2. The number of rotatable bonds is 13. The molecule has 1 unspecified atom stereocenters. The number of hydrogen-bond donors (Lipinski definition) is 1. The molecule has 0 amide bonds. The van der Waals surface area contributed by atoms with E-state index in [9.17, 15) is 9.90 Å². The molecule has 0 rings (SSSR count). The van der Waals surface area contributed by atoms with Gasteiger partial charge in [0.2, 0.25) is 0 Å². The van der Waals surface area contributed by atoms with Crippen molar-refractivity contribution in [3.8, 4) is 0 Å². The highest BCUT2D eigenvalue weighted by Gasteiger charge is 2.47. The van der Waals surface area contributed by atoms with Gasteiger partial charge in [0.05, 0.1) is 5.92 Å². The van der Waals surface area contributed by atoms with E-state index in [2.05, 4.69) is 72.0 Å². The van der Waals surface area contributed by atoms with E-state index in [1.165, 1.54) is 0 Å². The van der Waals surface area contributed by atoms with Gasteiger partial charge in [0.1, 0.15) is 0 Å². The summed E-state index contributed by atoms with van der Waals surface area (Å²) in [6.45, 7) is 25.3. The number of hydrogen-bond acceptors (Lipinski definition) is 5. The van der Waals surface area contributed by atoms with Crippen molar-refractivity contribution in [3.05, 3.63) is 0 Å². The van der Waals surface area contributed by atoms with Crippen LogP contribution < -0.4 is 0 Å². The van der Waals surface area contributed by atoms with E-state index in [1.807, 2.05) is 0 Å². The molecular formula is C17H44O6Si5. The lowest BCUT2D eigenvalue weighted by Crippen LogP contribution is -2.59. The van der Waals surface area contributed by atoms with Crippen LogP contribution in [0.15, 0.2) is 0 Å². The maximum atomic E-state index is 11.2. The fraction of sp³-hybridized carbons (Fsp3) is 0.941. The summed E-state index contributed by atoms with van der Waals surface area (Å²) in [5, 5.41) is 9.17. The maximum Gasteiger partial charge on any atom is 0.317 e. The molecule has 0 bridgehead atoms. The zero-order valence-corrected chi connectivity index (χ0v) is 25.2. The van der Waals surface area contributed by atoms with Crippen LogP contribution in [0, 0.1) is 5.92 Å². The Morgan fingerprint density at radius 1 is 0.750 bits per heavy atom. The van der Waals surface area contributed by atoms with Crippen molar-refractivity contribution in [3.63, 3.8) is 0 Å². The first-order valence-electron chi connectivity index (χ1n) is 10.2. The Labute approximate surface area is 178 Å². The Bertz CT molecular complexity index is 483. The molecule has 0 aromatic heterocycles. The lowest BCUT2D eigenvalue weighted by Gasteiger charge is -2.43. The van der Waals surface area contributed by atoms with Gasteiger partial charge in [-0.25, -0.2) is 0 Å². The fourth-order valence-corrected chi connectivity index (χ4v) is 26.9. The Hall–Kier alpha value is 0.394. The average Bonchev–Trinajstić information content (AvgIpc) is 2.29. The van der Waals surface area contributed by atoms with Crippen LogP contribution in [-0.2, 0) is 21.3 Å². The van der Waals surface area contributed by atoms with Gasteiger partial charge in [0, 0.05) is 0 Å². The first-order valence-corrected chi connectivity index (χ1v) is 25.2. The second-order valence-electron chi connectivity index (χ2n) is 10.7. The minimum absolute atomic E-state index is 0.356. The summed E-state index contributed by atoms with van der Waals surface area (Å²) in [5.41, 5.74) is 0. The minimum atomic E-state index is -2.60. The standard InChI is InChI=1S/C17H44O6Si5/c1-16(17(18)19)14-13-15-28(12,22-26(8,9)20-24(2,3)4)23-27(10,11)21-25(5,6)7/h16H,13-15H2,1-12H3,(H,18,19). The molecule has 0 aromatic carbocycles. The summed E-state index contributed by atoms with van der Waals surface area (Å²) in [6.07, 6.45) is 1.39. The third kappa shape index (κ3) is 13.6. The van der Waals surface area contributed by atoms with Gasteiger partial charge in [-0.3, -0.25) is 4.79 Å². The molecule has 0 heterocycles. The topological polar surface area (TPSA) is 74.2 Å². The molecule has 0 aliphatic rings. The van der Waals surface area contributed by atoms with Crippen LogP contribution in [-0.4, -0.2) is 53.4 Å². The molecule has 0 aliphatic heterocycles. The molecule has 0 aromatic rings. The summed E-state index contributed by atoms with van der Waals surface area (Å²) < 4.78 is 26.2. The second kappa shape index (κ2) is 10.1. The van der Waals surface area contributed by atoms with E-state index in [0.717, 1.165) is 12.5 Å². The largest absolute Gasteiger partial charge is 0.481 e. The van der Waals surface area contributed by atoms with Gasteiger partial charge in [-0.2, -0.15) is 0 Å². The van der Waals surface area contributed by atoms with Gasteiger partial charge in [0.15, 0.2) is 16.6 Å². The number of carboxylic acid groups (broad SMARTS) is 1. The molecule has 0 aliphatic carbocycles. The number of carbonyl (C=O) groups is 1. The van der Waals surface area contributed by atoms with Crippen LogP contribution in [0.25, 0.3) is 0 Å². The third-order valence-electron chi connectivity index (χ3n) is 3.72. The van der Waals surface area contributed by atoms with Gasteiger partial charge < -0.3 is 21.6 Å². The summed E-state index contributed by atoms with van der Waals surface area (Å²) in [5.74, 6) is -1.11. The molecular weight excluding hydrogens is 441 g/mol. The second-order valence-corrected chi connectivity index (χ2v) is 30.8. The van der Waals surface area contributed by atoms with Gasteiger partial charge in [0.25, 0.3) is 0 Å². The molecule has 1 atom stereocenters. The van der Waals surface area contributed by atoms with Gasteiger partial charge >= 0.3 is 31.7 Å². The lowest BCUT2D eigenvalue weighted by molar-refractivity contribution is -0.141. The predicted octanol–water partition coefficient (Wildman–Crippen LogP) is 5.70. The van der Waals surface area contributed by atoms with Gasteiger partial charge in [-0.1, -0.05) is 13.3 Å². The SMILES string of the molecule is CC(CCC[Si](C)(O[Si](C)(C)O[Si](C)(C)C)O[Si](C)(C)O[Si](C)(C)C)C(=O)O. The normalized spacial score (nSPS) is 15.6. The minimum Gasteiger partial charge on any atom is -0.481 e. The van der Waals surface area contributed by atoms with Crippen molar-refractivity contribution in [1.82, 2.24) is 0 Å². The monoisotopic (exact) mass is 484 g/mol. The summed E-state index contributed by atoms with van der Waals surface area (Å²) in [6, 6.07) is 0.752. The Morgan fingerprint density at radius 2 is 1.11 bits per heavy atom. The lowest BCUT2D eigenvalue weighted by atomic mass is 10.1. The van der Waals surface area contributed by atoms with Gasteiger partial charge in [-0.15, -0.1) is 0 Å². The van der Waals surface area contributed by atoms with Crippen LogP contribution in [0.3, 0.4) is 0 Å². The Kier molecular flexibility index (Phi) is 10.3. The van der Waals surface area contributed by atoms with Crippen LogP contribution in [0.5, 0.6) is 0 Å². The fourth-order valence-electron chi connectivity index (χ4n) is 3.53. The summed E-state index contributed by atoms with van der Waals surface area (Å²) >= 11 is 0. The highest BCUT2D eigenvalue weighted by Crippen LogP contribution is 2.30. The van der Waals surface area contributed by atoms with E-state index in [0.29, 0.717) is 6.42 Å². The molecule has 0 spiro atoms. The molecule has 0 saturated carbocycles. The van der Waals surface area contributed by atoms with E-state index in [-0.39, 0.29) is 5.92 Å². The molecule has 1 N–H and O–H groups in total. The summed E-state index contributed by atoms with van der Waals surface area (Å²) in [4.78, 5) is 11.2. The number of aliphatic carboxylic acids is 1. The molecule has 28 heavy (non-hydrogen) atoms. The quantitative estimate of drug-likeness (QED) is 0.338. The van der Waals surface area contributed by atoms with E-state index < -0.39 is 48.3 Å². The Morgan fingerprint density at radius 3 is 1.39 bits per heavy atom. The van der Waals surface area contributed by atoms with Crippen LogP contribution in [0.1, 0.15) is 19.8 Å². The third-order valence-corrected chi connectivity index (χ3v) is 21.2. The molecule has 6 nitrogen and oxygen atoms in total. The maximum absolute atomic E-state index is 11.2. The smallest absolute Gasteiger partial charge is 0.317 e. The van der Waals surface area contributed by atoms with Gasteiger partial charge in [-0.05, 0) is 84.5 Å². The van der Waals surface area contributed by atoms with Crippen molar-refractivity contribution in [2.75, 3.05) is 0 Å². The van der Waals surface area contributed by atoms with Crippen molar-refractivity contribution >= 4 is 48.3 Å². The average molecular weight is 485 g/mol. The van der Waals surface area contributed by atoms with Crippen LogP contribution in [0.2, 0.25) is 78.1 Å². The molecule has 0 fully saturated rings. The molecule has 0 saturated heterocycles. The first-order chi connectivity index (χ1) is 12.2. The highest BCUT2D eigenvalue weighted by molar-refractivity contribution is 6.90. The van der Waals surface area contributed by atoms with Crippen molar-refractivity contribution < 1.29 is 26.4 Å². The van der Waals surface area contributed by atoms with Crippen molar-refractivity contribution in [1.29, 1.82) is 0 Å². The molecule has 0 radical (unpaired) electrons. The van der Waals surface area contributed by atoms with E-state index in [4.69, 9.17) is 16.5 Å². The first kappa shape index (κ1) is 28.4. The van der Waals surface area contributed by atoms with E-state index in [1.54, 1.807) is 6.92 Å². The molecule has 168 valence electrons. The zero-order chi connectivity index (χ0) is 22.6. The highest BCUT2D eigenvalue weighted by atomic mass is 28.5. The number of carboxylic acids is 1. The molecule has 11 heteroatoms. The Balaban J connectivity index is 5.42. The predicted molar refractivity (Wildman–Crippen MR) is 128 cm³/mol. The van der Waals surface area contributed by atoms with Crippen molar-refractivity contribution in [2.24, 2.45) is 5.92 Å². The summed E-state index contributed by atoms with van der Waals surface area (Å²) in [7, 11) is -10.8. The van der Waals surface area contributed by atoms with Crippen molar-refractivity contribution in [2.45, 2.75) is 97.8 Å².